The van der Waals surface area contributed by atoms with E-state index < -0.39 is 18.1 Å². The van der Waals surface area contributed by atoms with Crippen LogP contribution in [0.3, 0.4) is 0 Å². The number of rotatable bonds is 3. The van der Waals surface area contributed by atoms with Crippen molar-refractivity contribution in [3.63, 3.8) is 0 Å². The molecule has 1 aliphatic heterocycles. The predicted molar refractivity (Wildman–Crippen MR) is 56.2 cm³/mol. The van der Waals surface area contributed by atoms with Crippen LogP contribution in [0.5, 0.6) is 0 Å². The van der Waals surface area contributed by atoms with Crippen molar-refractivity contribution < 1.29 is 18.0 Å². The van der Waals surface area contributed by atoms with Gasteiger partial charge in [-0.3, -0.25) is 10.1 Å². The van der Waals surface area contributed by atoms with Gasteiger partial charge < -0.3 is 4.90 Å². The number of carbonyl (C=O) groups excluding carboxylic acids is 1. The summed E-state index contributed by atoms with van der Waals surface area (Å²) in [6.07, 6.45) is -1.26. The number of nitrogens with zero attached hydrogens (tertiary/aromatic N) is 1. The molecule has 1 heterocycles. The first-order chi connectivity index (χ1) is 7.93. The van der Waals surface area contributed by atoms with Crippen LogP contribution in [0.2, 0.25) is 0 Å². The Labute approximate surface area is 98.3 Å². The molecule has 0 aromatic rings. The molecule has 0 radical (unpaired) electrons. The van der Waals surface area contributed by atoms with Crippen molar-refractivity contribution in [1.29, 1.82) is 0 Å². The fraction of sp³-hybridized carbons (Fsp3) is 0.909. The molecular weight excluding hydrogens is 233 g/mol. The Morgan fingerprint density at radius 1 is 1.29 bits per heavy atom. The average Bonchev–Trinajstić information content (AvgIpc) is 2.80. The normalized spacial score (nSPS) is 23.9. The van der Waals surface area contributed by atoms with Crippen LogP contribution in [0, 0.1) is 0 Å². The van der Waals surface area contributed by atoms with Crippen LogP contribution in [0.25, 0.3) is 0 Å². The Kier molecular flexibility index (Phi) is 3.34. The maximum Gasteiger partial charge on any atom is 0.389 e. The molecule has 2 fully saturated rings. The van der Waals surface area contributed by atoms with Crippen molar-refractivity contribution in [3.05, 3.63) is 0 Å². The highest BCUT2D eigenvalue weighted by atomic mass is 19.4. The first-order valence-corrected chi connectivity index (χ1v) is 6.04. The molecule has 3 nitrogen and oxygen atoms in total. The second kappa shape index (κ2) is 4.48. The zero-order valence-corrected chi connectivity index (χ0v) is 9.65. The lowest BCUT2D eigenvalue weighted by molar-refractivity contribution is -0.140. The molecule has 1 saturated heterocycles. The highest BCUT2D eigenvalue weighted by Crippen LogP contribution is 2.34. The van der Waals surface area contributed by atoms with Crippen LogP contribution >= 0.6 is 0 Å². The van der Waals surface area contributed by atoms with Crippen LogP contribution in [0.15, 0.2) is 0 Å². The minimum absolute atomic E-state index is 0.00262. The topological polar surface area (TPSA) is 32.3 Å². The largest absolute Gasteiger partial charge is 0.389 e. The van der Waals surface area contributed by atoms with Gasteiger partial charge in [-0.1, -0.05) is 12.8 Å². The molecule has 1 aliphatic carbocycles. The highest BCUT2D eigenvalue weighted by molar-refractivity contribution is 5.88. The van der Waals surface area contributed by atoms with Crippen LogP contribution < -0.4 is 5.32 Å². The van der Waals surface area contributed by atoms with E-state index in [9.17, 15) is 18.0 Å². The van der Waals surface area contributed by atoms with E-state index in [2.05, 4.69) is 5.32 Å². The third-order valence-electron chi connectivity index (χ3n) is 3.65. The Morgan fingerprint density at radius 3 is 2.53 bits per heavy atom. The van der Waals surface area contributed by atoms with Crippen molar-refractivity contribution in [1.82, 2.24) is 10.2 Å². The van der Waals surface area contributed by atoms with E-state index in [-0.39, 0.29) is 18.9 Å². The molecule has 1 spiro atoms. The zero-order valence-electron chi connectivity index (χ0n) is 9.65. The molecule has 0 aromatic heterocycles. The molecule has 0 bridgehead atoms. The van der Waals surface area contributed by atoms with Gasteiger partial charge in [-0.2, -0.15) is 13.2 Å². The maximum atomic E-state index is 12.1. The fourth-order valence-corrected chi connectivity index (χ4v) is 2.72. The third kappa shape index (κ3) is 2.73. The van der Waals surface area contributed by atoms with Gasteiger partial charge in [-0.25, -0.2) is 0 Å². The van der Waals surface area contributed by atoms with Crippen molar-refractivity contribution in [3.8, 4) is 0 Å². The first-order valence-electron chi connectivity index (χ1n) is 6.04. The quantitative estimate of drug-likeness (QED) is 0.831. The number of nitrogens with one attached hydrogen (secondary N) is 1. The monoisotopic (exact) mass is 250 g/mol. The minimum Gasteiger partial charge on any atom is -0.328 e. The second-order valence-electron chi connectivity index (χ2n) is 4.91. The molecule has 17 heavy (non-hydrogen) atoms. The number of carbonyl (C=O) groups is 1. The van der Waals surface area contributed by atoms with Gasteiger partial charge in [-0.05, 0) is 19.3 Å². The van der Waals surface area contributed by atoms with Gasteiger partial charge in [0.15, 0.2) is 0 Å². The maximum absolute atomic E-state index is 12.1. The summed E-state index contributed by atoms with van der Waals surface area (Å²) in [5.41, 5.74) is -0.446. The summed E-state index contributed by atoms with van der Waals surface area (Å²) in [7, 11) is 0. The lowest BCUT2D eigenvalue weighted by atomic mass is 9.98. The summed E-state index contributed by atoms with van der Waals surface area (Å²) in [4.78, 5) is 13.6. The number of amides is 1. The third-order valence-corrected chi connectivity index (χ3v) is 3.65. The molecule has 0 atom stereocenters. The zero-order chi connectivity index (χ0) is 12.5. The fourth-order valence-electron chi connectivity index (χ4n) is 2.72. The van der Waals surface area contributed by atoms with Crippen LogP contribution in [-0.2, 0) is 4.79 Å². The first kappa shape index (κ1) is 12.7. The SMILES string of the molecule is O=C1N(CCCC(F)(F)F)CNC12CCCC2. The predicted octanol–water partition coefficient (Wildman–Crippen LogP) is 2.03. The number of alkyl halides is 3. The summed E-state index contributed by atoms with van der Waals surface area (Å²) in [5.74, 6) is -0.00262. The Bertz CT molecular complexity index is 298. The molecule has 1 saturated carbocycles. The summed E-state index contributed by atoms with van der Waals surface area (Å²) in [6.45, 7) is 0.601. The Morgan fingerprint density at radius 2 is 1.94 bits per heavy atom. The van der Waals surface area contributed by atoms with E-state index in [1.54, 1.807) is 0 Å². The van der Waals surface area contributed by atoms with Crippen molar-refractivity contribution >= 4 is 5.91 Å². The van der Waals surface area contributed by atoms with Gasteiger partial charge in [0.2, 0.25) is 5.91 Å². The van der Waals surface area contributed by atoms with Crippen molar-refractivity contribution in [2.24, 2.45) is 0 Å². The summed E-state index contributed by atoms with van der Waals surface area (Å²) in [5, 5.41) is 3.17. The standard InChI is InChI=1S/C11H17F3N2O/c12-11(13,14)6-3-7-16-8-15-10(9(16)17)4-1-2-5-10/h15H,1-8H2. The Hall–Kier alpha value is -0.780. The van der Waals surface area contributed by atoms with E-state index in [4.69, 9.17) is 0 Å². The molecule has 2 aliphatic rings. The molecular formula is C11H17F3N2O. The molecule has 0 aromatic carbocycles. The van der Waals surface area contributed by atoms with Crippen LogP contribution in [0.1, 0.15) is 38.5 Å². The van der Waals surface area contributed by atoms with Gasteiger partial charge in [0, 0.05) is 13.0 Å². The lowest BCUT2D eigenvalue weighted by Gasteiger charge is -2.21. The average molecular weight is 250 g/mol. The number of halogens is 3. The molecule has 6 heteroatoms. The van der Waals surface area contributed by atoms with Crippen molar-refractivity contribution in [2.45, 2.75) is 50.2 Å². The molecule has 98 valence electrons. The van der Waals surface area contributed by atoms with Crippen LogP contribution in [-0.4, -0.2) is 35.7 Å². The molecule has 2 rings (SSSR count). The van der Waals surface area contributed by atoms with Crippen LogP contribution in [0.4, 0.5) is 13.2 Å². The van der Waals surface area contributed by atoms with Crippen molar-refractivity contribution in [2.75, 3.05) is 13.2 Å². The summed E-state index contributed by atoms with van der Waals surface area (Å²) in [6, 6.07) is 0. The summed E-state index contributed by atoms with van der Waals surface area (Å²) < 4.78 is 36.0. The highest BCUT2D eigenvalue weighted by Gasteiger charge is 2.47. The van der Waals surface area contributed by atoms with E-state index in [1.165, 1.54) is 4.90 Å². The smallest absolute Gasteiger partial charge is 0.328 e. The second-order valence-corrected chi connectivity index (χ2v) is 4.91. The molecule has 1 N–H and O–H groups in total. The van der Waals surface area contributed by atoms with Gasteiger partial charge in [-0.15, -0.1) is 0 Å². The molecule has 1 amide bonds. The van der Waals surface area contributed by atoms with E-state index >= 15 is 0 Å². The lowest BCUT2D eigenvalue weighted by Crippen LogP contribution is -2.44. The van der Waals surface area contributed by atoms with E-state index in [1.807, 2.05) is 0 Å². The number of hydrogen-bond acceptors (Lipinski definition) is 2. The van der Waals surface area contributed by atoms with Gasteiger partial charge in [0.05, 0.1) is 12.2 Å². The molecule has 0 unspecified atom stereocenters. The van der Waals surface area contributed by atoms with Gasteiger partial charge in [0.25, 0.3) is 0 Å². The summed E-state index contributed by atoms with van der Waals surface area (Å²) >= 11 is 0. The van der Waals surface area contributed by atoms with E-state index in [0.717, 1.165) is 25.7 Å². The number of hydrogen-bond donors (Lipinski definition) is 1. The minimum atomic E-state index is -4.12. The van der Waals surface area contributed by atoms with Gasteiger partial charge in [0.1, 0.15) is 0 Å². The van der Waals surface area contributed by atoms with Gasteiger partial charge >= 0.3 is 6.18 Å². The van der Waals surface area contributed by atoms with E-state index in [0.29, 0.717) is 6.67 Å². The Balaban J connectivity index is 1.82.